The number of methoxy groups -OCH3 is 1. The second-order valence-corrected chi connectivity index (χ2v) is 9.51. The van der Waals surface area contributed by atoms with Crippen molar-refractivity contribution in [2.45, 2.75) is 32.1 Å². The van der Waals surface area contributed by atoms with Gasteiger partial charge in [-0.1, -0.05) is 6.07 Å². The van der Waals surface area contributed by atoms with Gasteiger partial charge in [-0.2, -0.15) is 10.2 Å². The molecule has 1 aliphatic heterocycles. The van der Waals surface area contributed by atoms with E-state index in [0.29, 0.717) is 46.5 Å². The molecule has 0 aliphatic carbocycles. The van der Waals surface area contributed by atoms with Crippen LogP contribution in [0.3, 0.4) is 0 Å². The van der Waals surface area contributed by atoms with Gasteiger partial charge in [0.05, 0.1) is 31.2 Å². The molecule has 10 heteroatoms. The van der Waals surface area contributed by atoms with Gasteiger partial charge in [0.2, 0.25) is 0 Å². The smallest absolute Gasteiger partial charge is 0.183 e. The fraction of sp³-hybridized carbons (Fsp3) is 0.333. The highest BCUT2D eigenvalue weighted by Crippen LogP contribution is 2.38. The number of imidazole rings is 1. The highest BCUT2D eigenvalue weighted by atomic mass is 19.1. The van der Waals surface area contributed by atoms with Crippen molar-refractivity contribution in [3.8, 4) is 28.0 Å². The predicted octanol–water partition coefficient (Wildman–Crippen LogP) is 4.89. The van der Waals surface area contributed by atoms with Gasteiger partial charge in [0.15, 0.2) is 5.65 Å². The Morgan fingerprint density at radius 2 is 2.00 bits per heavy atom. The molecular weight excluding hydrogens is 476 g/mol. The molecule has 2 aromatic carbocycles. The van der Waals surface area contributed by atoms with Gasteiger partial charge in [-0.3, -0.25) is 4.68 Å². The quantitative estimate of drug-likeness (QED) is 0.340. The van der Waals surface area contributed by atoms with Crippen LogP contribution >= 0.6 is 0 Å². The Balaban J connectivity index is 1.45. The van der Waals surface area contributed by atoms with Crippen LogP contribution in [0.15, 0.2) is 49.1 Å². The van der Waals surface area contributed by atoms with Crippen molar-refractivity contribution >= 4 is 22.1 Å². The van der Waals surface area contributed by atoms with Gasteiger partial charge < -0.3 is 14.2 Å². The van der Waals surface area contributed by atoms with E-state index in [2.05, 4.69) is 20.3 Å². The molecule has 8 nitrogen and oxygen atoms in total. The number of hydrogen-bond acceptors (Lipinski definition) is 6. The number of halogens is 2. The van der Waals surface area contributed by atoms with Crippen LogP contribution in [0.25, 0.3) is 44.3 Å². The lowest BCUT2D eigenvalue weighted by atomic mass is 9.97. The van der Waals surface area contributed by atoms with Crippen molar-refractivity contribution in [2.75, 3.05) is 27.2 Å². The maximum Gasteiger partial charge on any atom is 0.183 e. The first-order valence-corrected chi connectivity index (χ1v) is 12.3. The maximum atomic E-state index is 15.3. The molecule has 0 unspecified atom stereocenters. The zero-order chi connectivity index (χ0) is 25.7. The summed E-state index contributed by atoms with van der Waals surface area (Å²) in [5.41, 5.74) is 4.56. The van der Waals surface area contributed by atoms with Crippen LogP contribution in [0, 0.1) is 5.82 Å². The predicted molar refractivity (Wildman–Crippen MR) is 138 cm³/mol. The van der Waals surface area contributed by atoms with Gasteiger partial charge in [-0.25, -0.2) is 13.8 Å². The molecule has 0 N–H and O–H groups in total. The molecule has 0 amide bonds. The highest BCUT2D eigenvalue weighted by Gasteiger charge is 2.30. The van der Waals surface area contributed by atoms with Crippen LogP contribution in [0.2, 0.25) is 0 Å². The number of likely N-dealkylation sites (tertiary alicyclic amines) is 1. The number of ether oxygens (including phenoxy) is 1. The van der Waals surface area contributed by atoms with Crippen molar-refractivity contribution < 1.29 is 13.5 Å². The van der Waals surface area contributed by atoms with E-state index in [4.69, 9.17) is 4.74 Å². The Morgan fingerprint density at radius 1 is 1.14 bits per heavy atom. The largest absolute Gasteiger partial charge is 0.496 e. The minimum atomic E-state index is -1.01. The topological polar surface area (TPSA) is 73.9 Å². The van der Waals surface area contributed by atoms with E-state index in [1.807, 2.05) is 35.7 Å². The zero-order valence-corrected chi connectivity index (χ0v) is 20.9. The molecule has 2 atom stereocenters. The summed E-state index contributed by atoms with van der Waals surface area (Å²) in [5.74, 6) is 0.104. The van der Waals surface area contributed by atoms with Crippen LogP contribution in [0.5, 0.6) is 5.75 Å². The summed E-state index contributed by atoms with van der Waals surface area (Å²) in [6.45, 7) is 3.91. The zero-order valence-electron chi connectivity index (χ0n) is 20.9. The van der Waals surface area contributed by atoms with E-state index < -0.39 is 6.17 Å². The summed E-state index contributed by atoms with van der Waals surface area (Å²) in [4.78, 5) is 6.51. The Labute approximate surface area is 212 Å². The number of benzene rings is 2. The van der Waals surface area contributed by atoms with Crippen molar-refractivity contribution in [1.29, 1.82) is 0 Å². The lowest BCUT2D eigenvalue weighted by Gasteiger charge is -2.32. The lowest BCUT2D eigenvalue weighted by Crippen LogP contribution is -2.40. The van der Waals surface area contributed by atoms with Crippen LogP contribution in [-0.2, 0) is 6.54 Å². The van der Waals surface area contributed by atoms with E-state index in [-0.39, 0.29) is 11.9 Å². The molecule has 0 spiro atoms. The highest BCUT2D eigenvalue weighted by molar-refractivity contribution is 5.92. The van der Waals surface area contributed by atoms with Gasteiger partial charge >= 0.3 is 0 Å². The first kappa shape index (κ1) is 23.5. The molecule has 1 fully saturated rings. The normalized spacial score (nSPS) is 18.6. The number of aromatic nitrogens is 6. The summed E-state index contributed by atoms with van der Waals surface area (Å²) < 4.78 is 39.3. The third-order valence-corrected chi connectivity index (χ3v) is 7.21. The molecular formula is C27H27F2N7O. The molecule has 0 bridgehead atoms. The Kier molecular flexibility index (Phi) is 5.83. The summed E-state index contributed by atoms with van der Waals surface area (Å²) in [7, 11) is 3.47. The number of hydrogen-bond donors (Lipinski definition) is 0. The third kappa shape index (κ3) is 4.01. The van der Waals surface area contributed by atoms with Gasteiger partial charge in [0.1, 0.15) is 23.3 Å². The number of alkyl halides is 1. The molecule has 1 saturated heterocycles. The first-order valence-electron chi connectivity index (χ1n) is 12.3. The third-order valence-electron chi connectivity index (χ3n) is 7.21. The Bertz CT molecular complexity index is 1610. The van der Waals surface area contributed by atoms with Crippen molar-refractivity contribution in [1.82, 2.24) is 34.4 Å². The number of nitrogens with zero attached hydrogens (tertiary/aromatic N) is 7. The van der Waals surface area contributed by atoms with Crippen LogP contribution in [0.4, 0.5) is 8.78 Å². The molecule has 6 rings (SSSR count). The second-order valence-electron chi connectivity index (χ2n) is 9.51. The molecule has 0 radical (unpaired) electrons. The van der Waals surface area contributed by atoms with Crippen molar-refractivity contribution in [2.24, 2.45) is 0 Å². The fourth-order valence-corrected chi connectivity index (χ4v) is 5.18. The Hall–Kier alpha value is -3.92. The SMILES string of the molecule is CCn1cnc2c(-c3ccc(F)c(-c4cc5cn([C@H]6CCN(C)C[C@@H]6F)nc5cc4OC)c3)cnnc21. The summed E-state index contributed by atoms with van der Waals surface area (Å²) in [6.07, 6.45) is 4.88. The second kappa shape index (κ2) is 9.19. The minimum Gasteiger partial charge on any atom is -0.496 e. The van der Waals surface area contributed by atoms with E-state index in [0.717, 1.165) is 29.6 Å². The van der Waals surface area contributed by atoms with E-state index >= 15 is 4.39 Å². The molecule has 190 valence electrons. The molecule has 3 aromatic heterocycles. The van der Waals surface area contributed by atoms with Crippen molar-refractivity contribution in [3.05, 3.63) is 54.9 Å². The van der Waals surface area contributed by atoms with E-state index in [9.17, 15) is 4.39 Å². The summed E-state index contributed by atoms with van der Waals surface area (Å²) in [5, 5.41) is 13.8. The summed E-state index contributed by atoms with van der Waals surface area (Å²) >= 11 is 0. The Morgan fingerprint density at radius 3 is 2.78 bits per heavy atom. The van der Waals surface area contributed by atoms with E-state index in [1.165, 1.54) is 6.07 Å². The standard InChI is InChI=1S/C27H27F2N7O/c1-4-35-15-30-26-20(12-31-32-27(26)35)16-5-6-21(28)18(9-16)19-10-17-13-36(33-23(17)11-25(19)37-3)24-7-8-34(2)14-22(24)29/h5-6,9-13,15,22,24H,4,7-8,14H2,1-3H3/t22-,24-/m0/s1. The summed E-state index contributed by atoms with van der Waals surface area (Å²) in [6, 6.07) is 8.23. The number of rotatable bonds is 5. The monoisotopic (exact) mass is 503 g/mol. The molecule has 4 heterocycles. The van der Waals surface area contributed by atoms with Crippen molar-refractivity contribution in [3.63, 3.8) is 0 Å². The number of piperidine rings is 1. The molecule has 1 aliphatic rings. The minimum absolute atomic E-state index is 0.331. The van der Waals surface area contributed by atoms with Gasteiger partial charge in [-0.05, 0) is 44.2 Å². The van der Waals surface area contributed by atoms with Gasteiger partial charge in [0.25, 0.3) is 0 Å². The number of aryl methyl sites for hydroxylation is 1. The molecule has 0 saturated carbocycles. The average molecular weight is 504 g/mol. The van der Waals surface area contributed by atoms with Gasteiger partial charge in [0, 0.05) is 54.0 Å². The molecule has 5 aromatic rings. The number of fused-ring (bicyclic) bond motifs is 2. The first-order chi connectivity index (χ1) is 18.0. The van der Waals surface area contributed by atoms with E-state index in [1.54, 1.807) is 42.5 Å². The lowest BCUT2D eigenvalue weighted by molar-refractivity contribution is 0.101. The fourth-order valence-electron chi connectivity index (χ4n) is 5.18. The van der Waals surface area contributed by atoms with Gasteiger partial charge in [-0.15, -0.1) is 5.10 Å². The average Bonchev–Trinajstić information content (AvgIpc) is 3.51. The maximum absolute atomic E-state index is 15.3. The van der Waals surface area contributed by atoms with Crippen LogP contribution in [-0.4, -0.2) is 67.8 Å². The molecule has 37 heavy (non-hydrogen) atoms. The van der Waals surface area contributed by atoms with Crippen LogP contribution in [0.1, 0.15) is 19.4 Å². The van der Waals surface area contributed by atoms with Crippen LogP contribution < -0.4 is 4.74 Å².